The van der Waals surface area contributed by atoms with Gasteiger partial charge in [0.15, 0.2) is 5.57 Å². The Morgan fingerprint density at radius 2 is 1.70 bits per heavy atom. The fourth-order valence-electron chi connectivity index (χ4n) is 1.31. The van der Waals surface area contributed by atoms with Gasteiger partial charge in [-0.25, -0.2) is 0 Å². The highest BCUT2D eigenvalue weighted by Crippen LogP contribution is 2.17. The van der Waals surface area contributed by atoms with Crippen LogP contribution in [0.2, 0.25) is 0 Å². The predicted molar refractivity (Wildman–Crippen MR) is 69.1 cm³/mol. The molecule has 20 heavy (non-hydrogen) atoms. The van der Waals surface area contributed by atoms with Gasteiger partial charge < -0.3 is 5.73 Å². The molecule has 0 aromatic heterocycles. The molecule has 0 atom stereocenters. The number of hydrogen-bond donors (Lipinski definition) is 1. The molecule has 2 N–H and O–H groups in total. The zero-order valence-corrected chi connectivity index (χ0v) is 10.1. The van der Waals surface area contributed by atoms with Crippen LogP contribution in [0.4, 0.5) is 5.69 Å². The quantitative estimate of drug-likeness (QED) is 0.382. The third-order valence-electron chi connectivity index (χ3n) is 2.32. The molecule has 0 heterocycles. The number of benzene rings is 1. The van der Waals surface area contributed by atoms with Crippen LogP contribution in [0.25, 0.3) is 6.08 Å². The number of nitro groups is 1. The Hall–Kier alpha value is -3.63. The van der Waals surface area contributed by atoms with Gasteiger partial charge in [0, 0.05) is 12.1 Å². The summed E-state index contributed by atoms with van der Waals surface area (Å²) in [6.45, 7) is 0. The van der Waals surface area contributed by atoms with Crippen molar-refractivity contribution < 1.29 is 4.92 Å². The van der Waals surface area contributed by atoms with Crippen LogP contribution < -0.4 is 5.73 Å². The Morgan fingerprint density at radius 3 is 2.10 bits per heavy atom. The first-order valence-corrected chi connectivity index (χ1v) is 5.20. The molecule has 7 heteroatoms. The number of rotatable bonds is 3. The normalized spacial score (nSPS) is 9.75. The van der Waals surface area contributed by atoms with Crippen LogP contribution >= 0.6 is 0 Å². The number of nitro benzene ring substituents is 1. The largest absolute Gasteiger partial charge is 0.396 e. The van der Waals surface area contributed by atoms with Crippen LogP contribution in [0.1, 0.15) is 5.56 Å². The number of hydrogen-bond acceptors (Lipinski definition) is 6. The highest BCUT2D eigenvalue weighted by atomic mass is 16.6. The zero-order valence-electron chi connectivity index (χ0n) is 10.1. The van der Waals surface area contributed by atoms with Crippen LogP contribution in [-0.4, -0.2) is 4.92 Å². The van der Waals surface area contributed by atoms with E-state index in [9.17, 15) is 10.1 Å². The van der Waals surface area contributed by atoms with Crippen LogP contribution in [0.5, 0.6) is 0 Å². The van der Waals surface area contributed by atoms with Gasteiger partial charge >= 0.3 is 0 Å². The van der Waals surface area contributed by atoms with Crippen molar-refractivity contribution in [2.75, 3.05) is 0 Å². The molecule has 0 bridgehead atoms. The fourth-order valence-corrected chi connectivity index (χ4v) is 1.31. The molecule has 0 amide bonds. The van der Waals surface area contributed by atoms with Crippen molar-refractivity contribution in [1.29, 1.82) is 15.8 Å². The van der Waals surface area contributed by atoms with Crippen molar-refractivity contribution in [2.45, 2.75) is 0 Å². The first-order chi connectivity index (χ1) is 9.53. The summed E-state index contributed by atoms with van der Waals surface area (Å²) in [6, 6.07) is 10.4. The van der Waals surface area contributed by atoms with E-state index in [2.05, 4.69) is 0 Å². The predicted octanol–water partition coefficient (Wildman–Crippen LogP) is 1.76. The summed E-state index contributed by atoms with van der Waals surface area (Å²) in [5.41, 5.74) is 5.32. The Balaban J connectivity index is 3.24. The van der Waals surface area contributed by atoms with E-state index in [1.807, 2.05) is 0 Å². The number of nitrogens with zero attached hydrogens (tertiary/aromatic N) is 4. The average molecular weight is 265 g/mol. The fraction of sp³-hybridized carbons (Fsp3) is 0. The molecule has 7 nitrogen and oxygen atoms in total. The minimum Gasteiger partial charge on any atom is -0.396 e. The summed E-state index contributed by atoms with van der Waals surface area (Å²) < 4.78 is 0. The zero-order chi connectivity index (χ0) is 15.1. The number of nitrogens with two attached hydrogens (primary N) is 1. The van der Waals surface area contributed by atoms with Gasteiger partial charge in [-0.2, -0.15) is 15.8 Å². The molecule has 0 spiro atoms. The van der Waals surface area contributed by atoms with Gasteiger partial charge in [-0.05, 0) is 23.8 Å². The first kappa shape index (κ1) is 14.4. The summed E-state index contributed by atoms with van der Waals surface area (Å²) in [5.74, 6) is 0. The molecule has 1 aromatic carbocycles. The molecule has 1 rings (SSSR count). The third kappa shape index (κ3) is 3.19. The second kappa shape index (κ2) is 6.34. The lowest BCUT2D eigenvalue weighted by Crippen LogP contribution is -2.03. The lowest BCUT2D eigenvalue weighted by atomic mass is 10.1. The van der Waals surface area contributed by atoms with E-state index in [-0.39, 0.29) is 22.5 Å². The van der Waals surface area contributed by atoms with Crippen molar-refractivity contribution in [3.63, 3.8) is 0 Å². The summed E-state index contributed by atoms with van der Waals surface area (Å²) in [5, 5.41) is 36.8. The molecule has 96 valence electrons. The van der Waals surface area contributed by atoms with Gasteiger partial charge in [0.05, 0.1) is 16.2 Å². The smallest absolute Gasteiger partial charge is 0.269 e. The van der Waals surface area contributed by atoms with Crippen LogP contribution in [0, 0.1) is 44.1 Å². The summed E-state index contributed by atoms with van der Waals surface area (Å²) >= 11 is 0. The van der Waals surface area contributed by atoms with E-state index in [1.54, 1.807) is 18.2 Å². The van der Waals surface area contributed by atoms with E-state index in [0.29, 0.717) is 5.56 Å². The summed E-state index contributed by atoms with van der Waals surface area (Å²) in [7, 11) is 0. The van der Waals surface area contributed by atoms with E-state index >= 15 is 0 Å². The molecule has 0 radical (unpaired) electrons. The van der Waals surface area contributed by atoms with Crippen molar-refractivity contribution in [1.82, 2.24) is 0 Å². The van der Waals surface area contributed by atoms with Crippen molar-refractivity contribution in [3.05, 3.63) is 56.8 Å². The molecule has 0 saturated carbocycles. The Bertz CT molecular complexity index is 708. The van der Waals surface area contributed by atoms with Crippen LogP contribution in [-0.2, 0) is 0 Å². The Morgan fingerprint density at radius 1 is 1.15 bits per heavy atom. The minimum atomic E-state index is -0.545. The molecule has 0 unspecified atom stereocenters. The van der Waals surface area contributed by atoms with E-state index in [0.717, 1.165) is 0 Å². The van der Waals surface area contributed by atoms with Crippen molar-refractivity contribution in [3.8, 4) is 18.2 Å². The maximum absolute atomic E-state index is 10.5. The van der Waals surface area contributed by atoms with Gasteiger partial charge in [0.1, 0.15) is 18.2 Å². The molecule has 0 aliphatic rings. The van der Waals surface area contributed by atoms with Gasteiger partial charge in [0.25, 0.3) is 5.69 Å². The monoisotopic (exact) mass is 265 g/mol. The molecule has 0 aliphatic heterocycles. The van der Waals surface area contributed by atoms with Gasteiger partial charge in [0.2, 0.25) is 0 Å². The number of nitriles is 3. The second-order valence-corrected chi connectivity index (χ2v) is 3.53. The highest BCUT2D eigenvalue weighted by Gasteiger charge is 2.09. The van der Waals surface area contributed by atoms with Crippen molar-refractivity contribution >= 4 is 11.8 Å². The molecular formula is C13H7N5O2. The van der Waals surface area contributed by atoms with Gasteiger partial charge in [-0.3, -0.25) is 10.1 Å². The van der Waals surface area contributed by atoms with Gasteiger partial charge in [-0.1, -0.05) is 0 Å². The van der Waals surface area contributed by atoms with E-state index in [4.69, 9.17) is 21.5 Å². The number of allylic oxidation sites excluding steroid dienone is 2. The second-order valence-electron chi connectivity index (χ2n) is 3.53. The Kier molecular flexibility index (Phi) is 4.58. The number of non-ortho nitro benzene ring substituents is 1. The first-order valence-electron chi connectivity index (χ1n) is 5.20. The molecular weight excluding hydrogens is 258 g/mol. The maximum Gasteiger partial charge on any atom is 0.269 e. The molecule has 0 aliphatic carbocycles. The SMILES string of the molecule is N#CC(C#N)=C(N)/C(C#N)=C/c1ccc([N+](=O)[O-])cc1. The van der Waals surface area contributed by atoms with E-state index in [1.165, 1.54) is 30.3 Å². The summed E-state index contributed by atoms with van der Waals surface area (Å²) in [6.07, 6.45) is 1.34. The molecule has 0 fully saturated rings. The molecule has 1 aromatic rings. The van der Waals surface area contributed by atoms with Gasteiger partial charge in [-0.15, -0.1) is 0 Å². The van der Waals surface area contributed by atoms with Crippen molar-refractivity contribution in [2.24, 2.45) is 5.73 Å². The van der Waals surface area contributed by atoms with Crippen LogP contribution in [0.15, 0.2) is 41.1 Å². The lowest BCUT2D eigenvalue weighted by Gasteiger charge is -1.99. The third-order valence-corrected chi connectivity index (χ3v) is 2.32. The lowest BCUT2D eigenvalue weighted by molar-refractivity contribution is -0.384. The minimum absolute atomic E-state index is 0.0584. The highest BCUT2D eigenvalue weighted by molar-refractivity contribution is 5.66. The average Bonchev–Trinajstić information content (AvgIpc) is 2.46. The van der Waals surface area contributed by atoms with E-state index < -0.39 is 4.92 Å². The Labute approximate surface area is 114 Å². The topological polar surface area (TPSA) is 141 Å². The van der Waals surface area contributed by atoms with Crippen LogP contribution in [0.3, 0.4) is 0 Å². The maximum atomic E-state index is 10.5. The summed E-state index contributed by atoms with van der Waals surface area (Å²) in [4.78, 5) is 9.96. The standard InChI is InChI=1S/C13H7N5O2/c14-6-10(13(17)11(7-15)8-16)5-9-1-3-12(4-2-9)18(19)20/h1-5H,17H2/b10-5+. The molecule has 0 saturated heterocycles.